The Bertz CT molecular complexity index is 1080. The zero-order valence-electron chi connectivity index (χ0n) is 19.2. The van der Waals surface area contributed by atoms with Crippen molar-refractivity contribution in [3.63, 3.8) is 0 Å². The van der Waals surface area contributed by atoms with E-state index in [4.69, 9.17) is 14.2 Å². The van der Waals surface area contributed by atoms with Crippen molar-refractivity contribution in [1.29, 1.82) is 0 Å². The molecule has 178 valence electrons. The third-order valence-corrected chi connectivity index (χ3v) is 5.38. The summed E-state index contributed by atoms with van der Waals surface area (Å²) in [4.78, 5) is 12.8. The average molecular weight is 464 g/mol. The Morgan fingerprint density at radius 3 is 2.85 bits per heavy atom. The molecule has 2 N–H and O–H groups in total. The number of rotatable bonds is 11. The van der Waals surface area contributed by atoms with E-state index in [-0.39, 0.29) is 12.5 Å². The van der Waals surface area contributed by atoms with Crippen LogP contribution >= 0.6 is 0 Å². The van der Waals surface area contributed by atoms with Gasteiger partial charge in [-0.15, -0.1) is 10.2 Å². The van der Waals surface area contributed by atoms with Crippen LogP contribution in [0.1, 0.15) is 61.3 Å². The van der Waals surface area contributed by atoms with Crippen molar-refractivity contribution in [2.45, 2.75) is 45.1 Å². The maximum absolute atomic E-state index is 12.8. The van der Waals surface area contributed by atoms with Crippen LogP contribution in [0.4, 0.5) is 5.69 Å². The summed E-state index contributed by atoms with van der Waals surface area (Å²) in [5.41, 5.74) is 1.00. The SMILES string of the molecule is CCCCCC/C=C/COc1ccc(C(=O)Nc2cccc3c2OC(c2nn[nH]n2)CO3)cc1. The first kappa shape index (κ1) is 23.3. The number of carbonyl (C=O) groups is 1. The van der Waals surface area contributed by atoms with Crippen LogP contribution < -0.4 is 19.5 Å². The maximum Gasteiger partial charge on any atom is 0.255 e. The van der Waals surface area contributed by atoms with Gasteiger partial charge in [0.1, 0.15) is 19.0 Å². The minimum atomic E-state index is -0.522. The normalized spacial score (nSPS) is 14.8. The Morgan fingerprint density at radius 1 is 1.18 bits per heavy atom. The lowest BCUT2D eigenvalue weighted by atomic mass is 10.1. The number of para-hydroxylation sites is 1. The first-order valence-electron chi connectivity index (χ1n) is 11.6. The van der Waals surface area contributed by atoms with E-state index in [0.29, 0.717) is 40.9 Å². The number of aromatic nitrogens is 4. The molecular weight excluding hydrogens is 434 g/mol. The number of benzene rings is 2. The standard InChI is InChI=1S/C25H29N5O4/c1-2-3-4-5-6-7-8-16-32-19-14-12-18(13-15-19)25(31)26-20-10-9-11-21-23(20)34-22(17-33-21)24-27-29-30-28-24/h7-15,22H,2-6,16-17H2,1H3,(H,26,31)(H,27,28,29,30)/b8-7+. The Balaban J connectivity index is 1.31. The predicted octanol–water partition coefficient (Wildman–Crippen LogP) is 4.87. The molecule has 1 aromatic heterocycles. The molecule has 1 aliphatic heterocycles. The third kappa shape index (κ3) is 6.12. The molecule has 2 aromatic carbocycles. The fourth-order valence-electron chi connectivity index (χ4n) is 3.54. The van der Waals surface area contributed by atoms with Gasteiger partial charge in [-0.1, -0.05) is 49.6 Å². The van der Waals surface area contributed by atoms with Crippen molar-refractivity contribution in [2.24, 2.45) is 0 Å². The number of H-pyrrole nitrogens is 1. The summed E-state index contributed by atoms with van der Waals surface area (Å²) < 4.78 is 17.5. The van der Waals surface area contributed by atoms with Crippen LogP contribution in [0.15, 0.2) is 54.6 Å². The number of nitrogens with one attached hydrogen (secondary N) is 2. The van der Waals surface area contributed by atoms with E-state index in [1.54, 1.807) is 42.5 Å². The summed E-state index contributed by atoms with van der Waals surface area (Å²) in [6.07, 6.45) is 9.78. The van der Waals surface area contributed by atoms with E-state index in [1.807, 2.05) is 6.08 Å². The Kier molecular flexibility index (Phi) is 8.10. The monoisotopic (exact) mass is 463 g/mol. The Hall–Kier alpha value is -3.88. The first-order chi connectivity index (χ1) is 16.7. The lowest BCUT2D eigenvalue weighted by Crippen LogP contribution is -2.24. The largest absolute Gasteiger partial charge is 0.490 e. The highest BCUT2D eigenvalue weighted by molar-refractivity contribution is 6.05. The highest BCUT2D eigenvalue weighted by Crippen LogP contribution is 2.41. The van der Waals surface area contributed by atoms with Crippen LogP contribution in [0, 0.1) is 0 Å². The van der Waals surface area contributed by atoms with E-state index < -0.39 is 6.10 Å². The van der Waals surface area contributed by atoms with E-state index in [1.165, 1.54) is 25.7 Å². The van der Waals surface area contributed by atoms with Crippen LogP contribution in [-0.4, -0.2) is 39.7 Å². The van der Waals surface area contributed by atoms with Crippen molar-refractivity contribution in [1.82, 2.24) is 20.6 Å². The van der Waals surface area contributed by atoms with E-state index in [2.05, 4.69) is 38.9 Å². The molecule has 1 amide bonds. The fourth-order valence-corrected chi connectivity index (χ4v) is 3.54. The summed E-state index contributed by atoms with van der Waals surface area (Å²) in [6, 6.07) is 12.4. The molecule has 9 heteroatoms. The van der Waals surface area contributed by atoms with E-state index in [9.17, 15) is 4.79 Å². The summed E-state index contributed by atoms with van der Waals surface area (Å²) in [6.45, 7) is 2.97. The van der Waals surface area contributed by atoms with Gasteiger partial charge in [0.05, 0.1) is 5.69 Å². The summed E-state index contributed by atoms with van der Waals surface area (Å²) in [5, 5.41) is 16.8. The second-order valence-electron chi connectivity index (χ2n) is 7.93. The highest BCUT2D eigenvalue weighted by Gasteiger charge is 2.28. The minimum Gasteiger partial charge on any atom is -0.490 e. The molecule has 0 bridgehead atoms. The number of carbonyl (C=O) groups excluding carboxylic acids is 1. The number of ether oxygens (including phenoxy) is 3. The van der Waals surface area contributed by atoms with Gasteiger partial charge < -0.3 is 19.5 Å². The number of tetrazole rings is 1. The smallest absolute Gasteiger partial charge is 0.255 e. The van der Waals surface area contributed by atoms with Crippen LogP contribution in [-0.2, 0) is 0 Å². The van der Waals surface area contributed by atoms with Gasteiger partial charge in [0.15, 0.2) is 17.6 Å². The van der Waals surface area contributed by atoms with Crippen molar-refractivity contribution >= 4 is 11.6 Å². The summed E-state index contributed by atoms with van der Waals surface area (Å²) in [7, 11) is 0. The minimum absolute atomic E-state index is 0.249. The van der Waals surface area contributed by atoms with E-state index >= 15 is 0 Å². The average Bonchev–Trinajstić information content (AvgIpc) is 3.41. The quantitative estimate of drug-likeness (QED) is 0.308. The molecule has 2 heterocycles. The van der Waals surface area contributed by atoms with Gasteiger partial charge in [0, 0.05) is 5.56 Å². The molecule has 0 saturated carbocycles. The molecule has 3 aromatic rings. The van der Waals surface area contributed by atoms with Gasteiger partial charge in [0.2, 0.25) is 5.82 Å². The molecule has 0 spiro atoms. The van der Waals surface area contributed by atoms with Gasteiger partial charge in [0.25, 0.3) is 5.91 Å². The number of anilines is 1. The number of hydrogen-bond donors (Lipinski definition) is 2. The first-order valence-corrected chi connectivity index (χ1v) is 11.6. The van der Waals surface area contributed by atoms with Crippen LogP contribution in [0.25, 0.3) is 0 Å². The molecule has 1 unspecified atom stereocenters. The number of allylic oxidation sites excluding steroid dienone is 1. The molecule has 0 saturated heterocycles. The molecule has 0 aliphatic carbocycles. The second kappa shape index (κ2) is 11.8. The number of fused-ring (bicyclic) bond motifs is 1. The summed E-state index contributed by atoms with van der Waals surface area (Å²) >= 11 is 0. The van der Waals surface area contributed by atoms with Gasteiger partial charge in [-0.25, -0.2) is 0 Å². The molecule has 0 fully saturated rings. The van der Waals surface area contributed by atoms with Crippen LogP contribution in [0.2, 0.25) is 0 Å². The van der Waals surface area contributed by atoms with Gasteiger partial charge in [-0.05, 0) is 49.2 Å². The van der Waals surface area contributed by atoms with E-state index in [0.717, 1.165) is 6.42 Å². The molecular formula is C25H29N5O4. The lowest BCUT2D eigenvalue weighted by molar-refractivity contribution is 0.0856. The predicted molar refractivity (Wildman–Crippen MR) is 127 cm³/mol. The van der Waals surface area contributed by atoms with Gasteiger partial charge in [-0.2, -0.15) is 5.21 Å². The maximum atomic E-state index is 12.8. The number of hydrogen-bond acceptors (Lipinski definition) is 7. The molecule has 1 atom stereocenters. The van der Waals surface area contributed by atoms with Crippen molar-refractivity contribution in [3.8, 4) is 17.2 Å². The molecule has 9 nitrogen and oxygen atoms in total. The topological polar surface area (TPSA) is 111 Å². The third-order valence-electron chi connectivity index (χ3n) is 5.38. The molecule has 0 radical (unpaired) electrons. The summed E-state index contributed by atoms with van der Waals surface area (Å²) in [5.74, 6) is 1.80. The van der Waals surface area contributed by atoms with Crippen LogP contribution in [0.5, 0.6) is 17.2 Å². The molecule has 1 aliphatic rings. The Labute approximate surface area is 198 Å². The zero-order chi connectivity index (χ0) is 23.6. The van der Waals surface area contributed by atoms with Crippen molar-refractivity contribution < 1.29 is 19.0 Å². The molecule has 4 rings (SSSR count). The number of aromatic amines is 1. The highest BCUT2D eigenvalue weighted by atomic mass is 16.6. The fraction of sp³-hybridized carbons (Fsp3) is 0.360. The number of nitrogens with zero attached hydrogens (tertiary/aromatic N) is 3. The van der Waals surface area contributed by atoms with Gasteiger partial charge >= 0.3 is 0 Å². The number of unbranched alkanes of at least 4 members (excludes halogenated alkanes) is 4. The zero-order valence-corrected chi connectivity index (χ0v) is 19.2. The van der Waals surface area contributed by atoms with Crippen molar-refractivity contribution in [2.75, 3.05) is 18.5 Å². The lowest BCUT2D eigenvalue weighted by Gasteiger charge is -2.26. The Morgan fingerprint density at radius 2 is 2.06 bits per heavy atom. The van der Waals surface area contributed by atoms with Crippen LogP contribution in [0.3, 0.4) is 0 Å². The van der Waals surface area contributed by atoms with Crippen molar-refractivity contribution in [3.05, 3.63) is 66.0 Å². The molecule has 34 heavy (non-hydrogen) atoms. The number of amides is 1. The van der Waals surface area contributed by atoms with Gasteiger partial charge in [-0.3, -0.25) is 4.79 Å². The second-order valence-corrected chi connectivity index (χ2v) is 7.93.